The van der Waals surface area contributed by atoms with Crippen LogP contribution in [0, 0.1) is 0 Å². The summed E-state index contributed by atoms with van der Waals surface area (Å²) in [7, 11) is 0. The third-order valence-electron chi connectivity index (χ3n) is 2.88. The Morgan fingerprint density at radius 2 is 1.91 bits per heavy atom. The summed E-state index contributed by atoms with van der Waals surface area (Å²) in [5.41, 5.74) is 1.52. The minimum atomic E-state index is -2.51. The van der Waals surface area contributed by atoms with Gasteiger partial charge in [-0.3, -0.25) is 0 Å². The lowest BCUT2D eigenvalue weighted by Crippen LogP contribution is -2.05. The summed E-state index contributed by atoms with van der Waals surface area (Å²) in [6.07, 6.45) is -1.55. The van der Waals surface area contributed by atoms with E-state index in [0.717, 1.165) is 11.1 Å². The van der Waals surface area contributed by atoms with E-state index >= 15 is 0 Å². The van der Waals surface area contributed by atoms with E-state index in [1.165, 1.54) is 0 Å². The highest BCUT2D eigenvalue weighted by molar-refractivity contribution is 5.72. The molecule has 6 nitrogen and oxygen atoms in total. The van der Waals surface area contributed by atoms with E-state index in [1.54, 1.807) is 0 Å². The number of ether oxygens (including phenoxy) is 1. The summed E-state index contributed by atoms with van der Waals surface area (Å²) in [5.74, 6) is 1.21. The fraction of sp³-hybridized carbons (Fsp3) is 0.357. The molecule has 0 aliphatic rings. The van der Waals surface area contributed by atoms with Crippen molar-refractivity contribution < 1.29 is 22.5 Å². The summed E-state index contributed by atoms with van der Waals surface area (Å²) >= 11 is 0. The standard InChI is InChI=1S/C14H13F2N3O3/c15-11(16)7-20-8-12-18-14(22-19-12)6-5-13-17-9-3-1-2-4-10(9)21-13/h1-4,11H,5-8H2. The van der Waals surface area contributed by atoms with Gasteiger partial charge in [-0.05, 0) is 12.1 Å². The van der Waals surface area contributed by atoms with E-state index in [1.807, 2.05) is 24.3 Å². The smallest absolute Gasteiger partial charge is 0.261 e. The van der Waals surface area contributed by atoms with E-state index < -0.39 is 13.0 Å². The number of hydrogen-bond donors (Lipinski definition) is 0. The number of rotatable bonds is 7. The number of halogens is 2. The molecule has 0 spiro atoms. The lowest BCUT2D eigenvalue weighted by molar-refractivity contribution is 0.00716. The van der Waals surface area contributed by atoms with Crippen molar-refractivity contribution in [3.63, 3.8) is 0 Å². The van der Waals surface area contributed by atoms with Gasteiger partial charge in [-0.1, -0.05) is 17.3 Å². The van der Waals surface area contributed by atoms with Gasteiger partial charge in [0.1, 0.15) is 18.7 Å². The first-order valence-electron chi connectivity index (χ1n) is 6.72. The van der Waals surface area contributed by atoms with Gasteiger partial charge in [-0.15, -0.1) is 0 Å². The Morgan fingerprint density at radius 3 is 2.73 bits per heavy atom. The normalized spacial score (nSPS) is 11.6. The van der Waals surface area contributed by atoms with Crippen molar-refractivity contribution in [2.75, 3.05) is 6.61 Å². The molecule has 0 radical (unpaired) electrons. The van der Waals surface area contributed by atoms with E-state index in [0.29, 0.717) is 24.6 Å². The van der Waals surface area contributed by atoms with Crippen molar-refractivity contribution in [2.45, 2.75) is 25.9 Å². The lowest BCUT2D eigenvalue weighted by atomic mass is 10.3. The van der Waals surface area contributed by atoms with Gasteiger partial charge in [-0.2, -0.15) is 4.98 Å². The van der Waals surface area contributed by atoms with Gasteiger partial charge < -0.3 is 13.7 Å². The average Bonchev–Trinajstić information content (AvgIpc) is 3.10. The van der Waals surface area contributed by atoms with E-state index in [2.05, 4.69) is 15.1 Å². The third-order valence-corrected chi connectivity index (χ3v) is 2.88. The van der Waals surface area contributed by atoms with Crippen LogP contribution >= 0.6 is 0 Å². The number of para-hydroxylation sites is 2. The highest BCUT2D eigenvalue weighted by Gasteiger charge is 2.11. The molecule has 22 heavy (non-hydrogen) atoms. The summed E-state index contributed by atoms with van der Waals surface area (Å²) < 4.78 is 39.2. The first-order chi connectivity index (χ1) is 10.7. The highest BCUT2D eigenvalue weighted by Crippen LogP contribution is 2.16. The minimum absolute atomic E-state index is 0.100. The Bertz CT molecular complexity index is 709. The maximum atomic E-state index is 11.9. The molecule has 0 aliphatic heterocycles. The topological polar surface area (TPSA) is 74.2 Å². The van der Waals surface area contributed by atoms with Crippen LogP contribution in [0.2, 0.25) is 0 Å². The Morgan fingerprint density at radius 1 is 1.09 bits per heavy atom. The summed E-state index contributed by atoms with van der Waals surface area (Å²) in [4.78, 5) is 8.40. The minimum Gasteiger partial charge on any atom is -0.441 e. The summed E-state index contributed by atoms with van der Waals surface area (Å²) in [6, 6.07) is 7.48. The number of hydrogen-bond acceptors (Lipinski definition) is 6. The molecule has 0 N–H and O–H groups in total. The zero-order chi connectivity index (χ0) is 15.4. The first kappa shape index (κ1) is 14.6. The molecule has 0 saturated carbocycles. The molecular weight excluding hydrogens is 296 g/mol. The molecule has 0 saturated heterocycles. The predicted molar refractivity (Wildman–Crippen MR) is 71.4 cm³/mol. The third kappa shape index (κ3) is 3.64. The van der Waals surface area contributed by atoms with Gasteiger partial charge in [0.2, 0.25) is 5.89 Å². The van der Waals surface area contributed by atoms with Gasteiger partial charge >= 0.3 is 0 Å². The molecule has 0 amide bonds. The van der Waals surface area contributed by atoms with Crippen LogP contribution in [0.15, 0.2) is 33.2 Å². The maximum Gasteiger partial charge on any atom is 0.261 e. The van der Waals surface area contributed by atoms with E-state index in [4.69, 9.17) is 13.7 Å². The second-order valence-electron chi connectivity index (χ2n) is 4.59. The molecular formula is C14H13F2N3O3. The first-order valence-corrected chi connectivity index (χ1v) is 6.72. The number of fused-ring (bicyclic) bond motifs is 1. The van der Waals surface area contributed by atoms with Gasteiger partial charge in [0.25, 0.3) is 6.43 Å². The predicted octanol–water partition coefficient (Wildman–Crippen LogP) is 2.78. The molecule has 0 unspecified atom stereocenters. The second kappa shape index (κ2) is 6.61. The van der Waals surface area contributed by atoms with E-state index in [-0.39, 0.29) is 12.4 Å². The molecule has 0 bridgehead atoms. The summed E-state index contributed by atoms with van der Waals surface area (Å²) in [6.45, 7) is -0.747. The molecule has 0 aliphatic carbocycles. The SMILES string of the molecule is FC(F)COCc1noc(CCc2nc3ccccc3o2)n1. The molecule has 3 rings (SSSR count). The average molecular weight is 309 g/mol. The number of benzene rings is 1. The number of oxazole rings is 1. The van der Waals surface area contributed by atoms with Crippen molar-refractivity contribution in [1.82, 2.24) is 15.1 Å². The van der Waals surface area contributed by atoms with Crippen molar-refractivity contribution in [3.8, 4) is 0 Å². The van der Waals surface area contributed by atoms with Gasteiger partial charge in [0, 0.05) is 12.8 Å². The lowest BCUT2D eigenvalue weighted by Gasteiger charge is -1.97. The Hall–Kier alpha value is -2.35. The van der Waals surface area contributed by atoms with Crippen LogP contribution < -0.4 is 0 Å². The molecule has 0 fully saturated rings. The Balaban J connectivity index is 1.54. The fourth-order valence-electron chi connectivity index (χ4n) is 1.93. The molecule has 0 atom stereocenters. The zero-order valence-corrected chi connectivity index (χ0v) is 11.5. The molecule has 2 heterocycles. The van der Waals surface area contributed by atoms with Crippen LogP contribution in [-0.2, 0) is 24.2 Å². The van der Waals surface area contributed by atoms with Crippen LogP contribution in [0.4, 0.5) is 8.78 Å². The van der Waals surface area contributed by atoms with Gasteiger partial charge in [0.05, 0.1) is 0 Å². The highest BCUT2D eigenvalue weighted by atomic mass is 19.3. The largest absolute Gasteiger partial charge is 0.441 e. The fourth-order valence-corrected chi connectivity index (χ4v) is 1.93. The van der Waals surface area contributed by atoms with Crippen LogP contribution in [0.5, 0.6) is 0 Å². The second-order valence-corrected chi connectivity index (χ2v) is 4.59. The number of alkyl halides is 2. The summed E-state index contributed by atoms with van der Waals surface area (Å²) in [5, 5.41) is 3.66. The maximum absolute atomic E-state index is 11.9. The van der Waals surface area contributed by atoms with E-state index in [9.17, 15) is 8.78 Å². The van der Waals surface area contributed by atoms with Gasteiger partial charge in [-0.25, -0.2) is 13.8 Å². The quantitative estimate of drug-likeness (QED) is 0.668. The number of aromatic nitrogens is 3. The monoisotopic (exact) mass is 309 g/mol. The molecule has 2 aromatic heterocycles. The van der Waals surface area contributed by atoms with Crippen molar-refractivity contribution in [2.24, 2.45) is 0 Å². The van der Waals surface area contributed by atoms with Crippen molar-refractivity contribution >= 4 is 11.1 Å². The molecule has 3 aromatic rings. The Kier molecular flexibility index (Phi) is 4.38. The van der Waals surface area contributed by atoms with Crippen molar-refractivity contribution in [1.29, 1.82) is 0 Å². The van der Waals surface area contributed by atoms with Gasteiger partial charge in [0.15, 0.2) is 17.3 Å². The van der Waals surface area contributed by atoms with Crippen molar-refractivity contribution in [3.05, 3.63) is 41.9 Å². The number of nitrogens with zero attached hydrogens (tertiary/aromatic N) is 3. The Labute approximate surface area is 124 Å². The van der Waals surface area contributed by atoms with Crippen LogP contribution in [0.1, 0.15) is 17.6 Å². The van der Waals surface area contributed by atoms with Crippen LogP contribution in [0.3, 0.4) is 0 Å². The van der Waals surface area contributed by atoms with Crippen LogP contribution in [0.25, 0.3) is 11.1 Å². The molecule has 116 valence electrons. The van der Waals surface area contributed by atoms with Crippen LogP contribution in [-0.4, -0.2) is 28.2 Å². The molecule has 8 heteroatoms. The zero-order valence-electron chi connectivity index (χ0n) is 11.5. The number of aryl methyl sites for hydroxylation is 2. The molecule has 1 aromatic carbocycles.